The molecule has 5 heteroatoms. The fourth-order valence-corrected chi connectivity index (χ4v) is 2.43. The Hall–Kier alpha value is -1.39. The van der Waals surface area contributed by atoms with Gasteiger partial charge >= 0.3 is 0 Å². The van der Waals surface area contributed by atoms with Gasteiger partial charge in [-0.25, -0.2) is 5.43 Å². The van der Waals surface area contributed by atoms with Crippen molar-refractivity contribution in [2.24, 2.45) is 11.0 Å². The first-order chi connectivity index (χ1) is 8.25. The summed E-state index contributed by atoms with van der Waals surface area (Å²) in [6, 6.07) is 0. The monoisotopic (exact) mass is 237 g/mol. The van der Waals surface area contributed by atoms with Crippen LogP contribution in [0, 0.1) is 5.92 Å². The fraction of sp³-hybridized carbons (Fsp3) is 0.750. The second-order valence-electron chi connectivity index (χ2n) is 4.79. The topological polar surface area (TPSA) is 70.6 Å². The Labute approximate surface area is 101 Å². The third-order valence-electron chi connectivity index (χ3n) is 3.48. The molecule has 2 amide bonds. The lowest BCUT2D eigenvalue weighted by Crippen LogP contribution is -2.37. The summed E-state index contributed by atoms with van der Waals surface area (Å²) in [4.78, 5) is 22.6. The summed E-state index contributed by atoms with van der Waals surface area (Å²) in [5.74, 6) is 0.527. The van der Waals surface area contributed by atoms with Gasteiger partial charge in [-0.05, 0) is 12.3 Å². The smallest absolute Gasteiger partial charge is 0.267 e. The summed E-state index contributed by atoms with van der Waals surface area (Å²) in [5, 5.41) is 6.64. The highest BCUT2D eigenvalue weighted by Crippen LogP contribution is 2.26. The average Bonchev–Trinajstić information content (AvgIpc) is 2.83. The molecule has 94 valence electrons. The van der Waals surface area contributed by atoms with Crippen LogP contribution in [0.2, 0.25) is 0 Å². The molecule has 1 fully saturated rings. The highest BCUT2D eigenvalue weighted by molar-refractivity contribution is 6.39. The van der Waals surface area contributed by atoms with Crippen LogP contribution in [0.1, 0.15) is 44.9 Å². The molecular weight excluding hydrogens is 218 g/mol. The van der Waals surface area contributed by atoms with Gasteiger partial charge in [-0.15, -0.1) is 0 Å². The quantitative estimate of drug-likeness (QED) is 0.764. The van der Waals surface area contributed by atoms with Crippen molar-refractivity contribution < 1.29 is 9.59 Å². The van der Waals surface area contributed by atoms with Crippen molar-refractivity contribution in [1.29, 1.82) is 0 Å². The van der Waals surface area contributed by atoms with Gasteiger partial charge in [-0.1, -0.05) is 25.7 Å². The van der Waals surface area contributed by atoms with Gasteiger partial charge in [0.15, 0.2) is 0 Å². The summed E-state index contributed by atoms with van der Waals surface area (Å²) in [6.07, 6.45) is 7.12. The van der Waals surface area contributed by atoms with Crippen LogP contribution in [-0.2, 0) is 9.59 Å². The molecule has 0 spiro atoms. The van der Waals surface area contributed by atoms with E-state index in [1.165, 1.54) is 25.7 Å². The summed E-state index contributed by atoms with van der Waals surface area (Å²) in [5.41, 5.74) is 2.77. The molecule has 2 N–H and O–H groups in total. The summed E-state index contributed by atoms with van der Waals surface area (Å²) >= 11 is 0. The van der Waals surface area contributed by atoms with Crippen molar-refractivity contribution in [2.45, 2.75) is 44.9 Å². The maximum absolute atomic E-state index is 11.7. The Balaban J connectivity index is 1.68. The Bertz CT molecular complexity index is 333. The Morgan fingerprint density at radius 2 is 2.12 bits per heavy atom. The Kier molecular flexibility index (Phi) is 4.12. The molecule has 1 aliphatic carbocycles. The van der Waals surface area contributed by atoms with E-state index in [4.69, 9.17) is 0 Å². The van der Waals surface area contributed by atoms with E-state index in [1.807, 2.05) is 0 Å². The third kappa shape index (κ3) is 3.54. The van der Waals surface area contributed by atoms with Gasteiger partial charge in [0.05, 0.1) is 0 Å². The molecule has 0 bridgehead atoms. The van der Waals surface area contributed by atoms with Crippen LogP contribution in [-0.4, -0.2) is 24.1 Å². The lowest BCUT2D eigenvalue weighted by molar-refractivity contribution is -0.121. The molecule has 1 heterocycles. The molecule has 2 aliphatic rings. The number of carbonyl (C=O) groups is 2. The van der Waals surface area contributed by atoms with E-state index >= 15 is 0 Å². The lowest BCUT2D eigenvalue weighted by atomic mass is 10.0. The van der Waals surface area contributed by atoms with Crippen molar-refractivity contribution in [2.75, 3.05) is 6.54 Å². The fourth-order valence-electron chi connectivity index (χ4n) is 2.43. The number of nitrogens with zero attached hydrogens (tertiary/aromatic N) is 1. The highest BCUT2D eigenvalue weighted by atomic mass is 16.2. The average molecular weight is 237 g/mol. The van der Waals surface area contributed by atoms with E-state index in [0.717, 1.165) is 18.9 Å². The SMILES string of the molecule is O=C1CCC(C(=O)NCCC2CCCC2)=NN1. The van der Waals surface area contributed by atoms with Crippen LogP contribution in [0.5, 0.6) is 0 Å². The van der Waals surface area contributed by atoms with Gasteiger partial charge in [0, 0.05) is 19.4 Å². The van der Waals surface area contributed by atoms with Gasteiger partial charge in [-0.2, -0.15) is 5.10 Å². The molecule has 0 aromatic heterocycles. The minimum absolute atomic E-state index is 0.118. The third-order valence-corrected chi connectivity index (χ3v) is 3.48. The first kappa shape index (κ1) is 12.1. The minimum Gasteiger partial charge on any atom is -0.351 e. The summed E-state index contributed by atoms with van der Waals surface area (Å²) in [6.45, 7) is 0.719. The molecule has 17 heavy (non-hydrogen) atoms. The van der Waals surface area contributed by atoms with Crippen LogP contribution >= 0.6 is 0 Å². The summed E-state index contributed by atoms with van der Waals surface area (Å²) < 4.78 is 0. The van der Waals surface area contributed by atoms with Crippen LogP contribution in [0.15, 0.2) is 5.10 Å². The zero-order valence-electron chi connectivity index (χ0n) is 10.00. The number of amides is 2. The number of hydrazone groups is 1. The minimum atomic E-state index is -0.136. The predicted octanol–water partition coefficient (Wildman–Crippen LogP) is 0.949. The molecule has 0 aromatic rings. The second kappa shape index (κ2) is 5.80. The van der Waals surface area contributed by atoms with E-state index in [2.05, 4.69) is 15.8 Å². The van der Waals surface area contributed by atoms with Crippen LogP contribution < -0.4 is 10.7 Å². The van der Waals surface area contributed by atoms with Crippen molar-refractivity contribution in [1.82, 2.24) is 10.7 Å². The van der Waals surface area contributed by atoms with Gasteiger partial charge in [0.25, 0.3) is 5.91 Å². The second-order valence-corrected chi connectivity index (χ2v) is 4.79. The molecule has 0 aromatic carbocycles. The number of nitrogens with one attached hydrogen (secondary N) is 2. The van der Waals surface area contributed by atoms with Crippen LogP contribution in [0.25, 0.3) is 0 Å². The maximum atomic E-state index is 11.7. The largest absolute Gasteiger partial charge is 0.351 e. The van der Waals surface area contributed by atoms with Gasteiger partial charge in [-0.3, -0.25) is 9.59 Å². The van der Waals surface area contributed by atoms with E-state index in [0.29, 0.717) is 18.6 Å². The number of carbonyl (C=O) groups excluding carboxylic acids is 2. The molecule has 1 aliphatic heterocycles. The molecule has 0 saturated heterocycles. The van der Waals surface area contributed by atoms with Crippen LogP contribution in [0.4, 0.5) is 0 Å². The van der Waals surface area contributed by atoms with Gasteiger partial charge < -0.3 is 5.32 Å². The van der Waals surface area contributed by atoms with Crippen molar-refractivity contribution in [3.63, 3.8) is 0 Å². The molecule has 0 unspecified atom stereocenters. The summed E-state index contributed by atoms with van der Waals surface area (Å²) in [7, 11) is 0. The van der Waals surface area contributed by atoms with Gasteiger partial charge in [0.1, 0.15) is 5.71 Å². The van der Waals surface area contributed by atoms with E-state index in [-0.39, 0.29) is 11.8 Å². The molecule has 1 saturated carbocycles. The molecule has 0 radical (unpaired) electrons. The van der Waals surface area contributed by atoms with Crippen LogP contribution in [0.3, 0.4) is 0 Å². The highest BCUT2D eigenvalue weighted by Gasteiger charge is 2.19. The maximum Gasteiger partial charge on any atom is 0.267 e. The van der Waals surface area contributed by atoms with E-state index in [9.17, 15) is 9.59 Å². The molecular formula is C12H19N3O2. The zero-order valence-corrected chi connectivity index (χ0v) is 10.00. The lowest BCUT2D eigenvalue weighted by Gasteiger charge is -2.13. The number of hydrogen-bond acceptors (Lipinski definition) is 3. The van der Waals surface area contributed by atoms with Crippen molar-refractivity contribution in [3.8, 4) is 0 Å². The number of rotatable bonds is 4. The van der Waals surface area contributed by atoms with Crippen molar-refractivity contribution >= 4 is 17.5 Å². The van der Waals surface area contributed by atoms with E-state index in [1.54, 1.807) is 0 Å². The van der Waals surface area contributed by atoms with Gasteiger partial charge in [0.2, 0.25) is 5.91 Å². The van der Waals surface area contributed by atoms with E-state index < -0.39 is 0 Å². The Morgan fingerprint density at radius 1 is 1.35 bits per heavy atom. The Morgan fingerprint density at radius 3 is 2.76 bits per heavy atom. The molecule has 5 nitrogen and oxygen atoms in total. The number of hydrogen-bond donors (Lipinski definition) is 2. The standard InChI is InChI=1S/C12H19N3O2/c16-11-6-5-10(14-15-11)12(17)13-8-7-9-3-1-2-4-9/h9H,1-8H2,(H,13,17)(H,15,16). The molecule has 0 atom stereocenters. The first-order valence-corrected chi connectivity index (χ1v) is 6.39. The molecule has 2 rings (SSSR count). The first-order valence-electron chi connectivity index (χ1n) is 6.39. The van der Waals surface area contributed by atoms with Crippen molar-refractivity contribution in [3.05, 3.63) is 0 Å². The zero-order chi connectivity index (χ0) is 12.1. The predicted molar refractivity (Wildman–Crippen MR) is 64.4 cm³/mol. The normalized spacial score (nSPS) is 20.9.